The number of aryl methyl sites for hydroxylation is 1. The summed E-state index contributed by atoms with van der Waals surface area (Å²) in [6, 6.07) is 7.58. The first-order valence-electron chi connectivity index (χ1n) is 7.85. The third-order valence-electron chi connectivity index (χ3n) is 4.53. The molecule has 0 unspecified atom stereocenters. The smallest absolute Gasteiger partial charge is 0.335 e. The minimum Gasteiger partial charge on any atom is -0.478 e. The summed E-state index contributed by atoms with van der Waals surface area (Å²) in [5.41, 5.74) is 2.64. The lowest BCUT2D eigenvalue weighted by Gasteiger charge is -2.32. The SMILES string of the molecule is CCn1c(CN2CCN(C)CC2)cc2ccc(C(=O)O)cc21. The minimum absolute atomic E-state index is 0.353. The van der Waals surface area contributed by atoms with Crippen molar-refractivity contribution in [1.29, 1.82) is 0 Å². The number of aromatic carboxylic acids is 1. The molecule has 0 bridgehead atoms. The van der Waals surface area contributed by atoms with Gasteiger partial charge < -0.3 is 14.6 Å². The van der Waals surface area contributed by atoms with Gasteiger partial charge in [-0.2, -0.15) is 0 Å². The molecule has 0 aliphatic carbocycles. The number of carboxylic acid groups (broad SMARTS) is 1. The Kier molecular flexibility index (Phi) is 4.18. The molecule has 0 amide bonds. The molecule has 0 saturated carbocycles. The van der Waals surface area contributed by atoms with Gasteiger partial charge in [-0.3, -0.25) is 4.90 Å². The van der Waals surface area contributed by atoms with E-state index in [1.165, 1.54) is 5.69 Å². The molecule has 22 heavy (non-hydrogen) atoms. The number of hydrogen-bond donors (Lipinski definition) is 1. The fourth-order valence-corrected chi connectivity index (χ4v) is 3.18. The minimum atomic E-state index is -0.869. The van der Waals surface area contributed by atoms with E-state index in [-0.39, 0.29) is 0 Å². The van der Waals surface area contributed by atoms with Gasteiger partial charge in [-0.05, 0) is 37.6 Å². The van der Waals surface area contributed by atoms with E-state index in [1.54, 1.807) is 12.1 Å². The number of nitrogens with zero attached hydrogens (tertiary/aromatic N) is 3. The van der Waals surface area contributed by atoms with E-state index >= 15 is 0 Å². The fourth-order valence-electron chi connectivity index (χ4n) is 3.18. The van der Waals surface area contributed by atoms with E-state index in [0.29, 0.717) is 5.56 Å². The number of carbonyl (C=O) groups is 1. The molecule has 3 rings (SSSR count). The number of piperazine rings is 1. The topological polar surface area (TPSA) is 48.7 Å². The van der Waals surface area contributed by atoms with Gasteiger partial charge >= 0.3 is 5.97 Å². The summed E-state index contributed by atoms with van der Waals surface area (Å²) < 4.78 is 2.24. The molecule has 1 aromatic carbocycles. The molecule has 1 aromatic heterocycles. The number of hydrogen-bond acceptors (Lipinski definition) is 3. The molecule has 5 nitrogen and oxygen atoms in total. The molecule has 1 fully saturated rings. The number of carboxylic acids is 1. The Balaban J connectivity index is 1.90. The lowest BCUT2D eigenvalue weighted by molar-refractivity contribution is 0.0697. The average Bonchev–Trinajstić information content (AvgIpc) is 2.85. The van der Waals surface area contributed by atoms with E-state index in [9.17, 15) is 9.90 Å². The lowest BCUT2D eigenvalue weighted by atomic mass is 10.1. The van der Waals surface area contributed by atoms with Gasteiger partial charge in [0, 0.05) is 50.5 Å². The third-order valence-corrected chi connectivity index (χ3v) is 4.53. The second-order valence-corrected chi connectivity index (χ2v) is 6.04. The van der Waals surface area contributed by atoms with Crippen LogP contribution in [0.3, 0.4) is 0 Å². The normalized spacial score (nSPS) is 17.2. The maximum atomic E-state index is 11.2. The van der Waals surface area contributed by atoms with Gasteiger partial charge in [-0.15, -0.1) is 0 Å². The van der Waals surface area contributed by atoms with Crippen LogP contribution in [0.1, 0.15) is 23.0 Å². The number of rotatable bonds is 4. The highest BCUT2D eigenvalue weighted by atomic mass is 16.4. The van der Waals surface area contributed by atoms with Crippen molar-refractivity contribution in [2.45, 2.75) is 20.0 Å². The van der Waals surface area contributed by atoms with E-state index in [4.69, 9.17) is 0 Å². The van der Waals surface area contributed by atoms with Gasteiger partial charge in [-0.25, -0.2) is 4.79 Å². The first kappa shape index (κ1) is 15.1. The van der Waals surface area contributed by atoms with Gasteiger partial charge in [0.15, 0.2) is 0 Å². The predicted molar refractivity (Wildman–Crippen MR) is 87.3 cm³/mol. The van der Waals surface area contributed by atoms with Crippen LogP contribution in [0, 0.1) is 0 Å². The molecule has 2 aromatic rings. The van der Waals surface area contributed by atoms with E-state index < -0.39 is 5.97 Å². The Labute approximate surface area is 130 Å². The van der Waals surface area contributed by atoms with Crippen LogP contribution in [0.15, 0.2) is 24.3 Å². The molecule has 0 radical (unpaired) electrons. The number of aromatic nitrogens is 1. The molecule has 2 heterocycles. The van der Waals surface area contributed by atoms with Crippen LogP contribution >= 0.6 is 0 Å². The van der Waals surface area contributed by atoms with Crippen molar-refractivity contribution in [2.75, 3.05) is 33.2 Å². The Morgan fingerprint density at radius 2 is 1.91 bits per heavy atom. The van der Waals surface area contributed by atoms with Crippen molar-refractivity contribution in [3.05, 3.63) is 35.5 Å². The first-order valence-corrected chi connectivity index (χ1v) is 7.85. The van der Waals surface area contributed by atoms with E-state index in [1.807, 2.05) is 6.07 Å². The Morgan fingerprint density at radius 3 is 2.55 bits per heavy atom. The standard InChI is InChI=1S/C17H23N3O2/c1-3-20-15(12-19-8-6-18(2)7-9-19)10-13-4-5-14(17(21)22)11-16(13)20/h4-5,10-11H,3,6-9,12H2,1-2H3,(H,21,22). The number of likely N-dealkylation sites (N-methyl/N-ethyl adjacent to an activating group) is 1. The lowest BCUT2D eigenvalue weighted by Crippen LogP contribution is -2.44. The van der Waals surface area contributed by atoms with Crippen LogP contribution in [-0.2, 0) is 13.1 Å². The molecule has 1 saturated heterocycles. The molecular weight excluding hydrogens is 278 g/mol. The quantitative estimate of drug-likeness (QED) is 0.939. The highest BCUT2D eigenvalue weighted by molar-refractivity contribution is 5.93. The summed E-state index contributed by atoms with van der Waals surface area (Å²) in [5, 5.41) is 10.3. The van der Waals surface area contributed by atoms with Crippen LogP contribution in [-0.4, -0.2) is 58.7 Å². The average molecular weight is 301 g/mol. The molecule has 1 aliphatic rings. The second-order valence-electron chi connectivity index (χ2n) is 6.04. The van der Waals surface area contributed by atoms with Crippen LogP contribution in [0.5, 0.6) is 0 Å². The number of fused-ring (bicyclic) bond motifs is 1. The van der Waals surface area contributed by atoms with Crippen molar-refractivity contribution in [3.8, 4) is 0 Å². The molecular formula is C17H23N3O2. The van der Waals surface area contributed by atoms with Crippen LogP contribution in [0.2, 0.25) is 0 Å². The third kappa shape index (κ3) is 2.87. The van der Waals surface area contributed by atoms with Crippen molar-refractivity contribution in [1.82, 2.24) is 14.4 Å². The van der Waals surface area contributed by atoms with Crippen LogP contribution in [0.4, 0.5) is 0 Å². The summed E-state index contributed by atoms with van der Waals surface area (Å²) in [6.07, 6.45) is 0. The van der Waals surface area contributed by atoms with Crippen molar-refractivity contribution < 1.29 is 9.90 Å². The maximum absolute atomic E-state index is 11.2. The van der Waals surface area contributed by atoms with Gasteiger partial charge in [0.05, 0.1) is 5.56 Å². The van der Waals surface area contributed by atoms with E-state index in [0.717, 1.165) is 50.2 Å². The maximum Gasteiger partial charge on any atom is 0.335 e. The fraction of sp³-hybridized carbons (Fsp3) is 0.471. The van der Waals surface area contributed by atoms with Gasteiger partial charge in [0.25, 0.3) is 0 Å². The van der Waals surface area contributed by atoms with Gasteiger partial charge in [0.1, 0.15) is 0 Å². The van der Waals surface area contributed by atoms with Crippen molar-refractivity contribution in [3.63, 3.8) is 0 Å². The van der Waals surface area contributed by atoms with E-state index in [2.05, 4.69) is 34.4 Å². The summed E-state index contributed by atoms with van der Waals surface area (Å²) in [6.45, 7) is 8.28. The monoisotopic (exact) mass is 301 g/mol. The molecule has 118 valence electrons. The van der Waals surface area contributed by atoms with Crippen molar-refractivity contribution in [2.24, 2.45) is 0 Å². The summed E-state index contributed by atoms with van der Waals surface area (Å²) in [4.78, 5) is 16.0. The molecule has 0 atom stereocenters. The zero-order valence-electron chi connectivity index (χ0n) is 13.2. The first-order chi connectivity index (χ1) is 10.6. The summed E-state index contributed by atoms with van der Waals surface area (Å²) in [5.74, 6) is -0.869. The summed E-state index contributed by atoms with van der Waals surface area (Å²) >= 11 is 0. The predicted octanol–water partition coefficient (Wildman–Crippen LogP) is 2.11. The zero-order valence-corrected chi connectivity index (χ0v) is 13.2. The van der Waals surface area contributed by atoms with Gasteiger partial charge in [-0.1, -0.05) is 6.07 Å². The largest absolute Gasteiger partial charge is 0.478 e. The number of benzene rings is 1. The van der Waals surface area contributed by atoms with Crippen molar-refractivity contribution >= 4 is 16.9 Å². The Morgan fingerprint density at radius 1 is 1.18 bits per heavy atom. The Hall–Kier alpha value is -1.85. The van der Waals surface area contributed by atoms with Crippen LogP contribution < -0.4 is 0 Å². The molecule has 5 heteroatoms. The molecule has 1 aliphatic heterocycles. The van der Waals surface area contributed by atoms with Crippen LogP contribution in [0.25, 0.3) is 10.9 Å². The van der Waals surface area contributed by atoms with Gasteiger partial charge in [0.2, 0.25) is 0 Å². The highest BCUT2D eigenvalue weighted by Crippen LogP contribution is 2.23. The summed E-state index contributed by atoms with van der Waals surface area (Å²) in [7, 11) is 2.16. The second kappa shape index (κ2) is 6.10. The zero-order chi connectivity index (χ0) is 15.7. The molecule has 0 spiro atoms. The highest BCUT2D eigenvalue weighted by Gasteiger charge is 2.17. The Bertz CT molecular complexity index is 685. The molecule has 1 N–H and O–H groups in total.